The molecule has 6 nitrogen and oxygen atoms in total. The lowest BCUT2D eigenvalue weighted by Crippen LogP contribution is -2.36. The van der Waals surface area contributed by atoms with Crippen molar-refractivity contribution in [2.75, 3.05) is 6.54 Å². The highest BCUT2D eigenvalue weighted by Gasteiger charge is 2.24. The molecule has 3 heterocycles. The molecule has 3 aromatic rings. The summed E-state index contributed by atoms with van der Waals surface area (Å²) in [6, 6.07) is 10.1. The lowest BCUT2D eigenvalue weighted by Gasteiger charge is -2.24. The summed E-state index contributed by atoms with van der Waals surface area (Å²) in [7, 11) is 0. The van der Waals surface area contributed by atoms with E-state index in [1.165, 1.54) is 0 Å². The van der Waals surface area contributed by atoms with E-state index in [2.05, 4.69) is 20.6 Å². The molecule has 0 saturated carbocycles. The average Bonchev–Trinajstić information content (AvgIpc) is 3.25. The first kappa shape index (κ1) is 14.5. The average molecular weight is 327 g/mol. The third kappa shape index (κ3) is 3.17. The van der Waals surface area contributed by atoms with Gasteiger partial charge in [0.15, 0.2) is 0 Å². The second kappa shape index (κ2) is 6.57. The first-order chi connectivity index (χ1) is 11.4. The molecule has 4 rings (SSSR count). The van der Waals surface area contributed by atoms with Gasteiger partial charge in [-0.3, -0.25) is 0 Å². The highest BCUT2D eigenvalue weighted by atomic mass is 32.1. The third-order valence-electron chi connectivity index (χ3n) is 3.85. The van der Waals surface area contributed by atoms with Gasteiger partial charge in [-0.05, 0) is 0 Å². The second-order valence-corrected chi connectivity index (χ2v) is 6.40. The zero-order chi connectivity index (χ0) is 15.5. The topological polar surface area (TPSA) is 64.9 Å². The molecule has 2 aromatic heterocycles. The van der Waals surface area contributed by atoms with Crippen LogP contribution in [0.3, 0.4) is 0 Å². The molecule has 0 fully saturated rings. The number of benzene rings is 1. The fourth-order valence-electron chi connectivity index (χ4n) is 2.69. The summed E-state index contributed by atoms with van der Waals surface area (Å²) in [5.41, 5.74) is 3.05. The van der Waals surface area contributed by atoms with Gasteiger partial charge in [-0.2, -0.15) is 0 Å². The first-order valence-corrected chi connectivity index (χ1v) is 8.46. The van der Waals surface area contributed by atoms with Crippen LogP contribution in [0.2, 0.25) is 0 Å². The van der Waals surface area contributed by atoms with Crippen LogP contribution < -0.4 is 5.32 Å². The van der Waals surface area contributed by atoms with Gasteiger partial charge >= 0.3 is 0 Å². The minimum absolute atomic E-state index is 0.104. The maximum absolute atomic E-state index is 5.96. The van der Waals surface area contributed by atoms with Crippen LogP contribution in [0.1, 0.15) is 10.7 Å². The maximum Gasteiger partial charge on any atom is 0.118 e. The summed E-state index contributed by atoms with van der Waals surface area (Å²) < 4.78 is 7.92. The van der Waals surface area contributed by atoms with Crippen molar-refractivity contribution in [3.8, 4) is 11.3 Å². The third-order valence-corrected chi connectivity index (χ3v) is 4.63. The molecule has 1 aliphatic heterocycles. The highest BCUT2D eigenvalue weighted by Crippen LogP contribution is 2.24. The normalized spacial score (nSPS) is 17.1. The van der Waals surface area contributed by atoms with Gasteiger partial charge in [0.05, 0.1) is 24.9 Å². The Kier molecular flexibility index (Phi) is 4.14. The number of nitrogens with one attached hydrogen (secondary N) is 1. The molecular weight excluding hydrogens is 310 g/mol. The molecule has 1 aromatic carbocycles. The Morgan fingerprint density at radius 3 is 3.04 bits per heavy atom. The van der Waals surface area contributed by atoms with Crippen molar-refractivity contribution < 1.29 is 4.74 Å². The van der Waals surface area contributed by atoms with Crippen LogP contribution in [0.25, 0.3) is 11.3 Å². The van der Waals surface area contributed by atoms with Crippen LogP contribution in [0.4, 0.5) is 0 Å². The zero-order valence-corrected chi connectivity index (χ0v) is 13.4. The Labute approximate surface area is 138 Å². The van der Waals surface area contributed by atoms with Gasteiger partial charge in [0.25, 0.3) is 0 Å². The molecule has 0 amide bonds. The van der Waals surface area contributed by atoms with Crippen LogP contribution >= 0.6 is 11.3 Å². The number of thiazole rings is 1. The van der Waals surface area contributed by atoms with Crippen molar-refractivity contribution in [3.05, 3.63) is 52.6 Å². The number of rotatable bonds is 5. The summed E-state index contributed by atoms with van der Waals surface area (Å²) in [4.78, 5) is 4.26. The van der Waals surface area contributed by atoms with E-state index in [4.69, 9.17) is 4.74 Å². The number of fused-ring (bicyclic) bond motifs is 1. The van der Waals surface area contributed by atoms with E-state index in [1.54, 1.807) is 11.3 Å². The van der Waals surface area contributed by atoms with Gasteiger partial charge < -0.3 is 10.1 Å². The van der Waals surface area contributed by atoms with Crippen molar-refractivity contribution >= 4 is 11.3 Å². The molecule has 7 heteroatoms. The minimum atomic E-state index is 0.104. The summed E-state index contributed by atoms with van der Waals surface area (Å²) >= 11 is 1.66. The summed E-state index contributed by atoms with van der Waals surface area (Å²) in [6.45, 7) is 2.82. The lowest BCUT2D eigenvalue weighted by atomic mass is 10.1. The lowest BCUT2D eigenvalue weighted by molar-refractivity contribution is 0.00125. The van der Waals surface area contributed by atoms with Crippen LogP contribution in [0.15, 0.2) is 41.9 Å². The smallest absolute Gasteiger partial charge is 0.118 e. The van der Waals surface area contributed by atoms with E-state index >= 15 is 0 Å². The van der Waals surface area contributed by atoms with Crippen molar-refractivity contribution in [2.45, 2.75) is 25.8 Å². The molecule has 0 unspecified atom stereocenters. The Bertz CT molecular complexity index is 756. The largest absolute Gasteiger partial charge is 0.369 e. The standard InChI is InChI=1S/C16H17N5OS/c1-2-4-12(5-3-1)16-14-11-22-13(10-21(14)20-19-16)8-17-9-15-18-6-7-23-15/h1-7,13,17H,8-11H2/t13-/m1/s1. The Hall–Kier alpha value is -2.09. The molecule has 0 spiro atoms. The van der Waals surface area contributed by atoms with Crippen molar-refractivity contribution in [3.63, 3.8) is 0 Å². The number of aromatic nitrogens is 4. The quantitative estimate of drug-likeness (QED) is 0.777. The maximum atomic E-state index is 5.96. The molecule has 23 heavy (non-hydrogen) atoms. The summed E-state index contributed by atoms with van der Waals surface area (Å²) in [6.07, 6.45) is 1.93. The van der Waals surface area contributed by atoms with Crippen molar-refractivity contribution in [2.24, 2.45) is 0 Å². The summed E-state index contributed by atoms with van der Waals surface area (Å²) in [5.74, 6) is 0. The van der Waals surface area contributed by atoms with Crippen LogP contribution in [-0.2, 0) is 24.4 Å². The highest BCUT2D eigenvalue weighted by molar-refractivity contribution is 7.09. The molecule has 0 radical (unpaired) electrons. The van der Waals surface area contributed by atoms with E-state index < -0.39 is 0 Å². The molecule has 0 saturated heterocycles. The van der Waals surface area contributed by atoms with Crippen molar-refractivity contribution in [1.29, 1.82) is 0 Å². The monoisotopic (exact) mass is 327 g/mol. The van der Waals surface area contributed by atoms with Gasteiger partial charge in [0, 0.05) is 30.2 Å². The van der Waals surface area contributed by atoms with E-state index in [1.807, 2.05) is 46.6 Å². The number of nitrogens with zero attached hydrogens (tertiary/aromatic N) is 4. The zero-order valence-electron chi connectivity index (χ0n) is 12.6. The molecule has 118 valence electrons. The molecule has 1 atom stereocenters. The Morgan fingerprint density at radius 1 is 1.30 bits per heavy atom. The SMILES string of the molecule is c1ccc(-c2nnn3c2CO[C@H](CNCc2nccs2)C3)cc1. The molecule has 1 aliphatic rings. The van der Waals surface area contributed by atoms with Crippen molar-refractivity contribution in [1.82, 2.24) is 25.3 Å². The minimum Gasteiger partial charge on any atom is -0.369 e. The van der Waals surface area contributed by atoms with E-state index in [0.29, 0.717) is 6.61 Å². The molecule has 1 N–H and O–H groups in total. The molecule has 0 bridgehead atoms. The predicted molar refractivity (Wildman–Crippen MR) is 87.9 cm³/mol. The fraction of sp³-hybridized carbons (Fsp3) is 0.312. The van der Waals surface area contributed by atoms with E-state index in [9.17, 15) is 0 Å². The van der Waals surface area contributed by atoms with Gasteiger partial charge in [-0.1, -0.05) is 35.5 Å². The van der Waals surface area contributed by atoms with Gasteiger partial charge in [0.1, 0.15) is 10.7 Å². The van der Waals surface area contributed by atoms with Crippen LogP contribution in [-0.4, -0.2) is 32.6 Å². The van der Waals surface area contributed by atoms with Gasteiger partial charge in [0.2, 0.25) is 0 Å². The Morgan fingerprint density at radius 2 is 2.22 bits per heavy atom. The molecular formula is C16H17N5OS. The van der Waals surface area contributed by atoms with Gasteiger partial charge in [-0.15, -0.1) is 16.4 Å². The first-order valence-electron chi connectivity index (χ1n) is 7.58. The number of hydrogen-bond donors (Lipinski definition) is 1. The van der Waals surface area contributed by atoms with Gasteiger partial charge in [-0.25, -0.2) is 9.67 Å². The number of hydrogen-bond acceptors (Lipinski definition) is 6. The molecule has 0 aliphatic carbocycles. The predicted octanol–water partition coefficient (Wildman–Crippen LogP) is 2.09. The number of ether oxygens (including phenoxy) is 1. The van der Waals surface area contributed by atoms with E-state index in [-0.39, 0.29) is 6.10 Å². The Balaban J connectivity index is 1.39. The fourth-order valence-corrected chi connectivity index (χ4v) is 3.27. The van der Waals surface area contributed by atoms with E-state index in [0.717, 1.165) is 41.6 Å². The van der Waals surface area contributed by atoms with Crippen LogP contribution in [0, 0.1) is 0 Å². The summed E-state index contributed by atoms with van der Waals surface area (Å²) in [5, 5.41) is 15.1. The second-order valence-electron chi connectivity index (χ2n) is 5.42. The van der Waals surface area contributed by atoms with Crippen LogP contribution in [0.5, 0.6) is 0 Å².